The van der Waals surface area contributed by atoms with Crippen molar-refractivity contribution in [3.8, 4) is 11.5 Å². The van der Waals surface area contributed by atoms with Gasteiger partial charge in [-0.05, 0) is 29.8 Å². The third kappa shape index (κ3) is 2.54. The lowest BCUT2D eigenvalue weighted by atomic mass is 10.1. The van der Waals surface area contributed by atoms with Crippen LogP contribution in [0.2, 0.25) is 0 Å². The molecule has 3 rings (SSSR count). The first kappa shape index (κ1) is 11.6. The fraction of sp³-hybridized carbons (Fsp3) is 0.214. The smallest absolute Gasteiger partial charge is 0.251 e. The Kier molecular flexibility index (Phi) is 3.10. The molecule has 1 amide bonds. The molecule has 0 spiro atoms. The summed E-state index contributed by atoms with van der Waals surface area (Å²) in [4.78, 5) is 15.0. The van der Waals surface area contributed by atoms with Crippen molar-refractivity contribution in [3.63, 3.8) is 0 Å². The Morgan fingerprint density at radius 2 is 2.05 bits per heavy atom. The molecule has 0 unspecified atom stereocenters. The Hall–Kier alpha value is -2.43. The van der Waals surface area contributed by atoms with Gasteiger partial charge < -0.3 is 19.8 Å². The summed E-state index contributed by atoms with van der Waals surface area (Å²) >= 11 is 0. The zero-order valence-electron chi connectivity index (χ0n) is 10.3. The van der Waals surface area contributed by atoms with Crippen LogP contribution in [0, 0.1) is 0 Å². The van der Waals surface area contributed by atoms with Gasteiger partial charge in [0.05, 0.1) is 0 Å². The van der Waals surface area contributed by atoms with Crippen molar-refractivity contribution in [2.24, 2.45) is 0 Å². The van der Waals surface area contributed by atoms with E-state index in [-0.39, 0.29) is 5.91 Å². The number of aromatic nitrogens is 1. The summed E-state index contributed by atoms with van der Waals surface area (Å²) in [7, 11) is 0. The normalized spacial score (nSPS) is 13.1. The van der Waals surface area contributed by atoms with E-state index in [4.69, 9.17) is 9.47 Å². The Morgan fingerprint density at radius 3 is 2.84 bits per heavy atom. The van der Waals surface area contributed by atoms with Crippen molar-refractivity contribution in [2.45, 2.75) is 6.54 Å². The van der Waals surface area contributed by atoms with Gasteiger partial charge in [0.25, 0.3) is 5.91 Å². The van der Waals surface area contributed by atoms with Gasteiger partial charge in [0.15, 0.2) is 11.5 Å². The van der Waals surface area contributed by atoms with Crippen molar-refractivity contribution in [2.75, 3.05) is 13.2 Å². The van der Waals surface area contributed by atoms with Gasteiger partial charge in [-0.25, -0.2) is 0 Å². The van der Waals surface area contributed by atoms with Crippen LogP contribution in [0.25, 0.3) is 0 Å². The molecule has 0 bridgehead atoms. The quantitative estimate of drug-likeness (QED) is 0.881. The van der Waals surface area contributed by atoms with Crippen molar-refractivity contribution in [1.82, 2.24) is 10.3 Å². The number of ether oxygens (including phenoxy) is 2. The van der Waals surface area contributed by atoms with Gasteiger partial charge in [-0.2, -0.15) is 0 Å². The van der Waals surface area contributed by atoms with Crippen LogP contribution >= 0.6 is 0 Å². The van der Waals surface area contributed by atoms with Gasteiger partial charge >= 0.3 is 0 Å². The fourth-order valence-electron chi connectivity index (χ4n) is 1.94. The number of fused-ring (bicyclic) bond motifs is 1. The topological polar surface area (TPSA) is 63.4 Å². The second-order valence-electron chi connectivity index (χ2n) is 4.26. The molecule has 1 aromatic heterocycles. The summed E-state index contributed by atoms with van der Waals surface area (Å²) in [5.74, 6) is 1.19. The first-order chi connectivity index (χ1) is 9.33. The predicted octanol–water partition coefficient (Wildman–Crippen LogP) is 1.72. The molecule has 0 saturated carbocycles. The number of hydrogen-bond acceptors (Lipinski definition) is 3. The summed E-state index contributed by atoms with van der Waals surface area (Å²) < 4.78 is 10.9. The van der Waals surface area contributed by atoms with E-state index in [1.165, 1.54) is 0 Å². The van der Waals surface area contributed by atoms with Crippen molar-refractivity contribution in [1.29, 1.82) is 0 Å². The van der Waals surface area contributed by atoms with Gasteiger partial charge in [-0.1, -0.05) is 0 Å². The number of hydrogen-bond donors (Lipinski definition) is 2. The maximum Gasteiger partial charge on any atom is 0.251 e. The third-order valence-electron chi connectivity index (χ3n) is 2.92. The monoisotopic (exact) mass is 258 g/mol. The van der Waals surface area contributed by atoms with E-state index < -0.39 is 0 Å². The third-order valence-corrected chi connectivity index (χ3v) is 2.92. The number of benzene rings is 1. The lowest BCUT2D eigenvalue weighted by molar-refractivity contribution is 0.0949. The summed E-state index contributed by atoms with van der Waals surface area (Å²) in [6.45, 7) is 1.56. The predicted molar refractivity (Wildman–Crippen MR) is 69.4 cm³/mol. The van der Waals surface area contributed by atoms with E-state index in [9.17, 15) is 4.79 Å². The van der Waals surface area contributed by atoms with Crippen LogP contribution < -0.4 is 14.8 Å². The molecular formula is C14H14N2O3. The molecule has 1 aliphatic rings. The molecule has 1 aliphatic heterocycles. The molecule has 0 atom stereocenters. The number of rotatable bonds is 3. The standard InChI is InChI=1S/C14H14N2O3/c17-14(16-9-10-3-4-15-8-10)11-1-2-12-13(7-11)19-6-5-18-12/h1-4,7-8,15H,5-6,9H2,(H,16,17). The summed E-state index contributed by atoms with van der Waals surface area (Å²) in [6, 6.07) is 7.13. The molecule has 2 N–H and O–H groups in total. The second-order valence-corrected chi connectivity index (χ2v) is 4.26. The number of nitrogens with one attached hydrogen (secondary N) is 2. The van der Waals surface area contributed by atoms with Crippen LogP contribution in [0.4, 0.5) is 0 Å². The lowest BCUT2D eigenvalue weighted by Gasteiger charge is -2.18. The van der Waals surface area contributed by atoms with Crippen LogP contribution in [0.15, 0.2) is 36.7 Å². The average Bonchev–Trinajstić information content (AvgIpc) is 2.97. The molecule has 5 nitrogen and oxygen atoms in total. The fourth-order valence-corrected chi connectivity index (χ4v) is 1.94. The summed E-state index contributed by atoms with van der Waals surface area (Å²) in [6.07, 6.45) is 3.68. The highest BCUT2D eigenvalue weighted by Crippen LogP contribution is 2.30. The minimum atomic E-state index is -0.127. The van der Waals surface area contributed by atoms with Crippen LogP contribution in [0.3, 0.4) is 0 Å². The Morgan fingerprint density at radius 1 is 1.21 bits per heavy atom. The highest BCUT2D eigenvalue weighted by Gasteiger charge is 2.14. The van der Waals surface area contributed by atoms with Gasteiger partial charge in [0, 0.05) is 24.5 Å². The second kappa shape index (κ2) is 5.06. The minimum Gasteiger partial charge on any atom is -0.486 e. The van der Waals surface area contributed by atoms with E-state index in [0.29, 0.717) is 36.8 Å². The minimum absolute atomic E-state index is 0.127. The zero-order chi connectivity index (χ0) is 13.1. The largest absolute Gasteiger partial charge is 0.486 e. The number of amides is 1. The maximum absolute atomic E-state index is 12.0. The molecule has 0 saturated heterocycles. The van der Waals surface area contributed by atoms with Crippen LogP contribution in [0.1, 0.15) is 15.9 Å². The zero-order valence-corrected chi connectivity index (χ0v) is 10.3. The van der Waals surface area contributed by atoms with E-state index in [1.54, 1.807) is 18.2 Å². The molecule has 2 heterocycles. The molecule has 19 heavy (non-hydrogen) atoms. The van der Waals surface area contributed by atoms with Crippen molar-refractivity contribution in [3.05, 3.63) is 47.8 Å². The number of H-pyrrole nitrogens is 1. The van der Waals surface area contributed by atoms with Crippen LogP contribution in [-0.4, -0.2) is 24.1 Å². The van der Waals surface area contributed by atoms with Gasteiger partial charge in [-0.3, -0.25) is 4.79 Å². The molecule has 0 fully saturated rings. The van der Waals surface area contributed by atoms with Gasteiger partial charge in [-0.15, -0.1) is 0 Å². The molecule has 1 aromatic carbocycles. The average molecular weight is 258 g/mol. The first-order valence-corrected chi connectivity index (χ1v) is 6.12. The molecule has 5 heteroatoms. The van der Waals surface area contributed by atoms with E-state index in [1.807, 2.05) is 18.5 Å². The van der Waals surface area contributed by atoms with Crippen molar-refractivity contribution >= 4 is 5.91 Å². The SMILES string of the molecule is O=C(NCc1cc[nH]c1)c1ccc2c(c1)OCCO2. The molecular weight excluding hydrogens is 244 g/mol. The number of carbonyl (C=O) groups excluding carboxylic acids is 1. The highest BCUT2D eigenvalue weighted by atomic mass is 16.6. The molecule has 0 radical (unpaired) electrons. The van der Waals surface area contributed by atoms with E-state index in [2.05, 4.69) is 10.3 Å². The molecule has 2 aromatic rings. The van der Waals surface area contributed by atoms with Crippen molar-refractivity contribution < 1.29 is 14.3 Å². The molecule has 98 valence electrons. The Bertz CT molecular complexity index is 578. The number of carbonyl (C=O) groups is 1. The summed E-state index contributed by atoms with van der Waals surface area (Å²) in [5.41, 5.74) is 1.60. The Labute approximate surface area is 110 Å². The van der Waals surface area contributed by atoms with E-state index >= 15 is 0 Å². The molecule has 0 aliphatic carbocycles. The highest BCUT2D eigenvalue weighted by molar-refractivity contribution is 5.94. The first-order valence-electron chi connectivity index (χ1n) is 6.12. The van der Waals surface area contributed by atoms with Crippen LogP contribution in [-0.2, 0) is 6.54 Å². The Balaban J connectivity index is 1.69. The van der Waals surface area contributed by atoms with Gasteiger partial charge in [0.2, 0.25) is 0 Å². The van der Waals surface area contributed by atoms with Crippen LogP contribution in [0.5, 0.6) is 11.5 Å². The number of aromatic amines is 1. The summed E-state index contributed by atoms with van der Waals surface area (Å²) in [5, 5.41) is 2.85. The van der Waals surface area contributed by atoms with E-state index in [0.717, 1.165) is 5.56 Å². The lowest BCUT2D eigenvalue weighted by Crippen LogP contribution is -2.23. The maximum atomic E-state index is 12.0. The van der Waals surface area contributed by atoms with Gasteiger partial charge in [0.1, 0.15) is 13.2 Å².